The average Bonchev–Trinajstić information content (AvgIpc) is 3.72. The summed E-state index contributed by atoms with van der Waals surface area (Å²) in [4.78, 5) is 15.5. The van der Waals surface area contributed by atoms with Gasteiger partial charge in [0.05, 0.1) is 18.4 Å². The van der Waals surface area contributed by atoms with Crippen molar-refractivity contribution in [2.75, 3.05) is 25.4 Å². The Labute approximate surface area is 242 Å². The second-order valence-corrected chi connectivity index (χ2v) is 9.97. The molecule has 0 radical (unpaired) electrons. The first-order valence-corrected chi connectivity index (χ1v) is 13.6. The summed E-state index contributed by atoms with van der Waals surface area (Å²) < 4.78 is 31.4. The smallest absolute Gasteiger partial charge is 0.292 e. The molecular formula is C26H27BrFN9O4. The van der Waals surface area contributed by atoms with Crippen LogP contribution in [0.5, 0.6) is 11.5 Å². The normalized spacial score (nSPS) is 13.6. The predicted octanol–water partition coefficient (Wildman–Crippen LogP) is 3.47. The number of amides is 1. The van der Waals surface area contributed by atoms with Crippen LogP contribution in [0.4, 0.5) is 10.2 Å². The number of ether oxygens (including phenoxy) is 2. The van der Waals surface area contributed by atoms with Crippen LogP contribution in [0.15, 0.2) is 50.6 Å². The highest BCUT2D eigenvalue weighted by molar-refractivity contribution is 9.10. The molecule has 0 aliphatic carbocycles. The molecule has 0 saturated carbocycles. The maximum atomic E-state index is 13.4. The summed E-state index contributed by atoms with van der Waals surface area (Å²) >= 11 is 3.53. The van der Waals surface area contributed by atoms with E-state index in [-0.39, 0.29) is 29.8 Å². The zero-order valence-corrected chi connectivity index (χ0v) is 23.7. The Bertz CT molecular complexity index is 1530. The summed E-state index contributed by atoms with van der Waals surface area (Å²) in [5.41, 5.74) is 10.3. The Morgan fingerprint density at radius 3 is 2.71 bits per heavy atom. The van der Waals surface area contributed by atoms with Crippen LogP contribution in [-0.2, 0) is 13.2 Å². The summed E-state index contributed by atoms with van der Waals surface area (Å²) in [6.07, 6.45) is 3.61. The molecule has 1 saturated heterocycles. The van der Waals surface area contributed by atoms with Gasteiger partial charge in [0, 0.05) is 17.1 Å². The van der Waals surface area contributed by atoms with E-state index >= 15 is 0 Å². The van der Waals surface area contributed by atoms with Gasteiger partial charge in [-0.2, -0.15) is 9.78 Å². The van der Waals surface area contributed by atoms with Gasteiger partial charge in [-0.15, -0.1) is 5.10 Å². The van der Waals surface area contributed by atoms with Crippen LogP contribution in [0.3, 0.4) is 0 Å². The molecule has 4 aromatic rings. The molecule has 2 aromatic heterocycles. The lowest BCUT2D eigenvalue weighted by molar-refractivity contribution is 0.0945. The molecule has 0 unspecified atom stereocenters. The number of carbonyl (C=O) groups excluding carboxylic acids is 1. The van der Waals surface area contributed by atoms with E-state index in [4.69, 9.17) is 19.8 Å². The van der Waals surface area contributed by atoms with Gasteiger partial charge >= 0.3 is 0 Å². The summed E-state index contributed by atoms with van der Waals surface area (Å²) in [6.45, 7) is 4.71. The van der Waals surface area contributed by atoms with Crippen molar-refractivity contribution in [1.29, 1.82) is 0 Å². The molecular weight excluding hydrogens is 601 g/mol. The highest BCUT2D eigenvalue weighted by Crippen LogP contribution is 2.32. The van der Waals surface area contributed by atoms with Crippen LogP contribution in [0.2, 0.25) is 0 Å². The standard InChI is InChI=1S/C26H27BrFN9O4/c1-2-39-22-12-18(40-15-16-5-7-17(28)8-6-16)11-20(27)19(22)13-30-32-26(38)23-21(14-36-9-3-4-10-36)31-35-37(23)25-24(29)33-41-34-25/h5-8,11-13H,2-4,9-10,14-15H2,1H3,(H2,29,33)(H,32,38). The van der Waals surface area contributed by atoms with E-state index in [1.54, 1.807) is 24.3 Å². The van der Waals surface area contributed by atoms with Crippen molar-refractivity contribution in [3.05, 3.63) is 69.2 Å². The number of nitrogens with zero attached hydrogens (tertiary/aromatic N) is 7. The lowest BCUT2D eigenvalue weighted by Crippen LogP contribution is -2.26. The highest BCUT2D eigenvalue weighted by atomic mass is 79.9. The molecule has 13 nitrogen and oxygen atoms in total. The first kappa shape index (κ1) is 28.2. The average molecular weight is 628 g/mol. The molecule has 2 aromatic carbocycles. The number of nitrogen functional groups attached to an aromatic ring is 1. The first-order chi connectivity index (χ1) is 19.9. The molecule has 214 valence electrons. The van der Waals surface area contributed by atoms with Crippen LogP contribution in [0.1, 0.15) is 47.1 Å². The number of hydrogen-bond donors (Lipinski definition) is 2. The third kappa shape index (κ3) is 6.69. The van der Waals surface area contributed by atoms with Crippen molar-refractivity contribution in [2.45, 2.75) is 32.9 Å². The maximum Gasteiger partial charge on any atom is 0.292 e. The number of hydrogen-bond acceptors (Lipinski definition) is 11. The molecule has 1 amide bonds. The number of carbonyl (C=O) groups is 1. The molecule has 3 N–H and O–H groups in total. The minimum absolute atomic E-state index is 0.0350. The van der Waals surface area contributed by atoms with Crippen molar-refractivity contribution in [3.8, 4) is 17.3 Å². The molecule has 1 aliphatic heterocycles. The maximum absolute atomic E-state index is 13.4. The molecule has 0 bridgehead atoms. The monoisotopic (exact) mass is 627 g/mol. The largest absolute Gasteiger partial charge is 0.493 e. The molecule has 3 heterocycles. The number of likely N-dealkylation sites (tertiary alicyclic amines) is 1. The van der Waals surface area contributed by atoms with Crippen LogP contribution in [0.25, 0.3) is 5.82 Å². The minimum atomic E-state index is -0.573. The van der Waals surface area contributed by atoms with Crippen molar-refractivity contribution in [1.82, 2.24) is 35.6 Å². The van der Waals surface area contributed by atoms with Crippen molar-refractivity contribution < 1.29 is 23.3 Å². The second kappa shape index (κ2) is 12.9. The molecule has 1 aliphatic rings. The van der Waals surface area contributed by atoms with Gasteiger partial charge in [-0.3, -0.25) is 9.69 Å². The number of anilines is 1. The SMILES string of the molecule is CCOc1cc(OCc2ccc(F)cc2)cc(Br)c1C=NNC(=O)c1c(CN2CCCC2)nnn1-c1nonc1N. The Balaban J connectivity index is 1.34. The van der Waals surface area contributed by atoms with Crippen LogP contribution in [0, 0.1) is 5.82 Å². The summed E-state index contributed by atoms with van der Waals surface area (Å²) in [5.74, 6) is 0.150. The number of aromatic nitrogens is 5. The number of rotatable bonds is 11. The number of hydrazone groups is 1. The molecule has 1 fully saturated rings. The first-order valence-electron chi connectivity index (χ1n) is 12.8. The number of nitrogens with one attached hydrogen (secondary N) is 1. The lowest BCUT2D eigenvalue weighted by Gasteiger charge is -2.14. The minimum Gasteiger partial charge on any atom is -0.493 e. The van der Waals surface area contributed by atoms with Gasteiger partial charge < -0.3 is 15.2 Å². The van der Waals surface area contributed by atoms with E-state index < -0.39 is 5.91 Å². The number of benzene rings is 2. The molecule has 5 rings (SSSR count). The van der Waals surface area contributed by atoms with Gasteiger partial charge in [0.25, 0.3) is 5.91 Å². The van der Waals surface area contributed by atoms with E-state index in [1.807, 2.05) is 6.92 Å². The third-order valence-electron chi connectivity index (χ3n) is 6.27. The van der Waals surface area contributed by atoms with E-state index in [1.165, 1.54) is 23.0 Å². The van der Waals surface area contributed by atoms with Gasteiger partial charge in [-0.1, -0.05) is 17.3 Å². The fraction of sp³-hybridized carbons (Fsp3) is 0.308. The quantitative estimate of drug-likeness (QED) is 0.186. The Kier molecular flexibility index (Phi) is 8.84. The molecule has 0 spiro atoms. The second-order valence-electron chi connectivity index (χ2n) is 9.12. The molecule has 15 heteroatoms. The van der Waals surface area contributed by atoms with E-state index in [0.29, 0.717) is 40.4 Å². The Hall–Kier alpha value is -4.37. The van der Waals surface area contributed by atoms with Crippen LogP contribution in [-0.4, -0.2) is 62.0 Å². The van der Waals surface area contributed by atoms with E-state index in [0.717, 1.165) is 31.5 Å². The summed E-state index contributed by atoms with van der Waals surface area (Å²) in [5, 5.41) is 19.8. The number of nitrogens with two attached hydrogens (primary N) is 1. The third-order valence-corrected chi connectivity index (χ3v) is 6.92. The van der Waals surface area contributed by atoms with Crippen molar-refractivity contribution >= 4 is 33.9 Å². The Morgan fingerprint density at radius 2 is 2.00 bits per heavy atom. The fourth-order valence-electron chi connectivity index (χ4n) is 4.29. The summed E-state index contributed by atoms with van der Waals surface area (Å²) in [6, 6.07) is 9.54. The van der Waals surface area contributed by atoms with Gasteiger partial charge in [0.2, 0.25) is 11.6 Å². The highest BCUT2D eigenvalue weighted by Gasteiger charge is 2.27. The fourth-order valence-corrected chi connectivity index (χ4v) is 4.82. The van der Waals surface area contributed by atoms with Crippen LogP contribution < -0.4 is 20.6 Å². The summed E-state index contributed by atoms with van der Waals surface area (Å²) in [7, 11) is 0. The molecule has 0 atom stereocenters. The van der Waals surface area contributed by atoms with Crippen molar-refractivity contribution in [2.24, 2.45) is 5.10 Å². The predicted molar refractivity (Wildman–Crippen MR) is 149 cm³/mol. The lowest BCUT2D eigenvalue weighted by atomic mass is 10.2. The van der Waals surface area contributed by atoms with Gasteiger partial charge in [-0.05, 0) is 82.9 Å². The van der Waals surface area contributed by atoms with Gasteiger partial charge in [-0.25, -0.2) is 14.4 Å². The zero-order chi connectivity index (χ0) is 28.8. The number of halogens is 2. The van der Waals surface area contributed by atoms with E-state index in [9.17, 15) is 9.18 Å². The van der Waals surface area contributed by atoms with Gasteiger partial charge in [0.1, 0.15) is 29.6 Å². The Morgan fingerprint density at radius 1 is 1.22 bits per heavy atom. The van der Waals surface area contributed by atoms with Gasteiger partial charge in [0.15, 0.2) is 5.69 Å². The van der Waals surface area contributed by atoms with Crippen molar-refractivity contribution in [3.63, 3.8) is 0 Å². The van der Waals surface area contributed by atoms with Crippen LogP contribution >= 0.6 is 15.9 Å². The zero-order valence-electron chi connectivity index (χ0n) is 22.1. The topological polar surface area (TPSA) is 159 Å². The van der Waals surface area contributed by atoms with E-state index in [2.05, 4.69) is 52.0 Å². The molecule has 41 heavy (non-hydrogen) atoms.